The summed E-state index contributed by atoms with van der Waals surface area (Å²) in [5.41, 5.74) is 3.31. The van der Waals surface area contributed by atoms with Gasteiger partial charge >= 0.3 is 5.97 Å². The number of rotatable bonds is 8. The van der Waals surface area contributed by atoms with Crippen molar-refractivity contribution in [2.24, 2.45) is 5.92 Å². The number of anilines is 1. The highest BCUT2D eigenvalue weighted by atomic mass is 35.5. The van der Waals surface area contributed by atoms with Gasteiger partial charge in [-0.2, -0.15) is 0 Å². The molecule has 0 aromatic heterocycles. The van der Waals surface area contributed by atoms with Crippen molar-refractivity contribution in [1.82, 2.24) is 0 Å². The molecule has 0 N–H and O–H groups in total. The van der Waals surface area contributed by atoms with E-state index in [-0.39, 0.29) is 24.7 Å². The molecule has 4 rings (SSSR count). The summed E-state index contributed by atoms with van der Waals surface area (Å²) in [6.07, 6.45) is -0.938. The first-order valence-electron chi connectivity index (χ1n) is 12.3. The van der Waals surface area contributed by atoms with Gasteiger partial charge in [0.25, 0.3) is 0 Å². The third-order valence-electron chi connectivity index (χ3n) is 6.42. The second-order valence-corrected chi connectivity index (χ2v) is 10.1. The summed E-state index contributed by atoms with van der Waals surface area (Å²) in [5, 5.41) is 0.515. The molecule has 1 fully saturated rings. The number of carbonyl (C=O) groups excluding carboxylic acids is 3. The summed E-state index contributed by atoms with van der Waals surface area (Å²) in [4.78, 5) is 39.6. The predicted octanol–water partition coefficient (Wildman–Crippen LogP) is 6.73. The summed E-state index contributed by atoms with van der Waals surface area (Å²) < 4.78 is 11.6. The van der Waals surface area contributed by atoms with Gasteiger partial charge in [-0.25, -0.2) is 0 Å². The van der Waals surface area contributed by atoms with Crippen LogP contribution in [0.15, 0.2) is 66.7 Å². The molecule has 192 valence electrons. The first-order valence-corrected chi connectivity index (χ1v) is 12.7. The van der Waals surface area contributed by atoms with Gasteiger partial charge in [0.15, 0.2) is 6.10 Å². The van der Waals surface area contributed by atoms with E-state index in [0.717, 1.165) is 16.9 Å². The third kappa shape index (κ3) is 6.20. The second kappa shape index (κ2) is 11.2. The van der Waals surface area contributed by atoms with Gasteiger partial charge in [-0.05, 0) is 85.5 Å². The number of esters is 1. The Balaban J connectivity index is 1.39. The fourth-order valence-electron chi connectivity index (χ4n) is 4.32. The van der Waals surface area contributed by atoms with E-state index in [9.17, 15) is 14.4 Å². The number of ether oxygens (including phenoxy) is 2. The molecule has 3 aromatic rings. The number of amides is 1. The maximum atomic E-state index is 12.7. The van der Waals surface area contributed by atoms with Crippen molar-refractivity contribution in [3.05, 3.63) is 88.4 Å². The molecule has 2 atom stereocenters. The van der Waals surface area contributed by atoms with Crippen molar-refractivity contribution in [3.63, 3.8) is 0 Å². The van der Waals surface area contributed by atoms with Crippen LogP contribution in [0.4, 0.5) is 5.69 Å². The van der Waals surface area contributed by atoms with Gasteiger partial charge in [0, 0.05) is 29.2 Å². The highest BCUT2D eigenvalue weighted by Crippen LogP contribution is 2.33. The molecule has 3 aromatic carbocycles. The van der Waals surface area contributed by atoms with E-state index < -0.39 is 18.0 Å². The Morgan fingerprint density at radius 1 is 0.973 bits per heavy atom. The SMILES string of the molecule is Cc1ccc(C(C)C)c(Oc2ccc(N3C[C@@H](C(=O)O[C@@H](C)C(=O)c4ccc(Cl)cc4)CC3=O)cc2)c1. The zero-order valence-corrected chi connectivity index (χ0v) is 22.1. The monoisotopic (exact) mass is 519 g/mol. The molecule has 0 aliphatic carbocycles. The Hall–Kier alpha value is -3.64. The molecule has 1 aliphatic heterocycles. The molecule has 1 amide bonds. The van der Waals surface area contributed by atoms with Crippen LogP contribution in [0.3, 0.4) is 0 Å². The van der Waals surface area contributed by atoms with Crippen molar-refractivity contribution in [1.29, 1.82) is 0 Å². The number of carbonyl (C=O) groups is 3. The maximum absolute atomic E-state index is 12.7. The lowest BCUT2D eigenvalue weighted by molar-refractivity contribution is -0.151. The standard InChI is InChI=1S/C30H30ClNO5/c1-18(2)26-14-5-19(3)15-27(26)37-25-12-10-24(11-13-25)32-17-22(16-28(32)33)30(35)36-20(4)29(34)21-6-8-23(31)9-7-21/h5-15,18,20,22H,16-17H2,1-4H3/t20-,22-/m0/s1. The highest BCUT2D eigenvalue weighted by molar-refractivity contribution is 6.30. The number of nitrogens with zero attached hydrogens (tertiary/aromatic N) is 1. The Bertz CT molecular complexity index is 1300. The van der Waals surface area contributed by atoms with E-state index in [2.05, 4.69) is 26.0 Å². The zero-order chi connectivity index (χ0) is 26.7. The first kappa shape index (κ1) is 26.4. The van der Waals surface area contributed by atoms with Crippen molar-refractivity contribution >= 4 is 34.9 Å². The lowest BCUT2D eigenvalue weighted by Crippen LogP contribution is -2.30. The molecule has 0 bridgehead atoms. The van der Waals surface area contributed by atoms with Crippen LogP contribution >= 0.6 is 11.6 Å². The average Bonchev–Trinajstić information content (AvgIpc) is 3.26. The number of benzene rings is 3. The quantitative estimate of drug-likeness (QED) is 0.243. The van der Waals surface area contributed by atoms with Crippen LogP contribution in [0.5, 0.6) is 11.5 Å². The van der Waals surface area contributed by atoms with Gasteiger partial charge in [-0.15, -0.1) is 0 Å². The van der Waals surface area contributed by atoms with Crippen LogP contribution in [0.25, 0.3) is 0 Å². The smallest absolute Gasteiger partial charge is 0.312 e. The van der Waals surface area contributed by atoms with E-state index in [1.165, 1.54) is 6.92 Å². The summed E-state index contributed by atoms with van der Waals surface area (Å²) in [6.45, 7) is 7.98. The molecule has 1 heterocycles. The molecular weight excluding hydrogens is 490 g/mol. The fraction of sp³-hybridized carbons (Fsp3) is 0.300. The molecule has 1 aliphatic rings. The van der Waals surface area contributed by atoms with Gasteiger partial charge in [0.1, 0.15) is 11.5 Å². The van der Waals surface area contributed by atoms with Gasteiger partial charge in [0.05, 0.1) is 5.92 Å². The summed E-state index contributed by atoms with van der Waals surface area (Å²) >= 11 is 5.87. The summed E-state index contributed by atoms with van der Waals surface area (Å²) in [5.74, 6) is 0.0802. The van der Waals surface area contributed by atoms with E-state index in [1.54, 1.807) is 41.3 Å². The fourth-order valence-corrected chi connectivity index (χ4v) is 4.44. The lowest BCUT2D eigenvalue weighted by Gasteiger charge is -2.19. The number of Topliss-reactive ketones (excluding diaryl/α,β-unsaturated/α-hetero) is 1. The number of hydrogen-bond acceptors (Lipinski definition) is 5. The van der Waals surface area contributed by atoms with Crippen LogP contribution in [-0.2, 0) is 14.3 Å². The Morgan fingerprint density at radius 2 is 1.65 bits per heavy atom. The highest BCUT2D eigenvalue weighted by Gasteiger charge is 2.37. The molecule has 0 radical (unpaired) electrons. The van der Waals surface area contributed by atoms with Crippen LogP contribution in [0, 0.1) is 12.8 Å². The van der Waals surface area contributed by atoms with Crippen molar-refractivity contribution in [2.45, 2.75) is 46.1 Å². The summed E-state index contributed by atoms with van der Waals surface area (Å²) in [7, 11) is 0. The Kier molecular flexibility index (Phi) is 7.98. The second-order valence-electron chi connectivity index (χ2n) is 9.65. The number of halogens is 1. The number of aryl methyl sites for hydroxylation is 1. The molecule has 0 unspecified atom stereocenters. The van der Waals surface area contributed by atoms with Crippen molar-refractivity contribution in [2.75, 3.05) is 11.4 Å². The molecule has 0 spiro atoms. The molecule has 7 heteroatoms. The molecule has 37 heavy (non-hydrogen) atoms. The molecule has 0 saturated carbocycles. The van der Waals surface area contributed by atoms with E-state index in [0.29, 0.717) is 27.9 Å². The minimum atomic E-state index is -0.966. The van der Waals surface area contributed by atoms with Gasteiger partial charge in [-0.1, -0.05) is 37.6 Å². The van der Waals surface area contributed by atoms with Crippen LogP contribution < -0.4 is 9.64 Å². The normalized spacial score (nSPS) is 16.1. The molecule has 6 nitrogen and oxygen atoms in total. The number of hydrogen-bond donors (Lipinski definition) is 0. The predicted molar refractivity (Wildman–Crippen MR) is 144 cm³/mol. The zero-order valence-electron chi connectivity index (χ0n) is 21.4. The molecular formula is C30H30ClNO5. The Labute approximate surface area is 222 Å². The average molecular weight is 520 g/mol. The Morgan fingerprint density at radius 3 is 2.30 bits per heavy atom. The maximum Gasteiger partial charge on any atom is 0.312 e. The first-order chi connectivity index (χ1) is 17.6. The van der Waals surface area contributed by atoms with Crippen LogP contribution in [0.1, 0.15) is 54.6 Å². The minimum absolute atomic E-state index is 0.0278. The topological polar surface area (TPSA) is 72.9 Å². The lowest BCUT2D eigenvalue weighted by atomic mass is 10.0. The van der Waals surface area contributed by atoms with Crippen LogP contribution in [0.2, 0.25) is 5.02 Å². The minimum Gasteiger partial charge on any atom is -0.457 e. The van der Waals surface area contributed by atoms with Crippen molar-refractivity contribution in [3.8, 4) is 11.5 Å². The summed E-state index contributed by atoms with van der Waals surface area (Å²) in [6, 6.07) is 19.8. The van der Waals surface area contributed by atoms with E-state index in [4.69, 9.17) is 21.1 Å². The van der Waals surface area contributed by atoms with E-state index >= 15 is 0 Å². The largest absolute Gasteiger partial charge is 0.457 e. The van der Waals surface area contributed by atoms with Gasteiger partial charge in [-0.3, -0.25) is 14.4 Å². The van der Waals surface area contributed by atoms with Gasteiger partial charge in [0.2, 0.25) is 11.7 Å². The van der Waals surface area contributed by atoms with Crippen LogP contribution in [-0.4, -0.2) is 30.3 Å². The number of ketones is 1. The van der Waals surface area contributed by atoms with Gasteiger partial charge < -0.3 is 14.4 Å². The third-order valence-corrected chi connectivity index (χ3v) is 6.67. The molecule has 1 saturated heterocycles. The van der Waals surface area contributed by atoms with Crippen molar-refractivity contribution < 1.29 is 23.9 Å². The van der Waals surface area contributed by atoms with E-state index in [1.807, 2.05) is 25.1 Å².